The molecule has 1 atom stereocenters. The minimum absolute atomic E-state index is 0.0831. The first-order valence-corrected chi connectivity index (χ1v) is 15.8. The molecule has 0 radical (unpaired) electrons. The molecule has 9 heteroatoms. The molecule has 0 aliphatic carbocycles. The van der Waals surface area contributed by atoms with Gasteiger partial charge < -0.3 is 29.8 Å². The first-order valence-electron chi connectivity index (χ1n) is 15.8. The number of hydrogen-bond acceptors (Lipinski definition) is 7. The van der Waals surface area contributed by atoms with Crippen LogP contribution in [-0.4, -0.2) is 73.2 Å². The Balaban J connectivity index is 1.47. The van der Waals surface area contributed by atoms with Gasteiger partial charge >= 0.3 is 0 Å². The van der Waals surface area contributed by atoms with E-state index in [1.54, 1.807) is 0 Å². The summed E-state index contributed by atoms with van der Waals surface area (Å²) in [6.45, 7) is 13.9. The zero-order valence-electron chi connectivity index (χ0n) is 26.4. The van der Waals surface area contributed by atoms with E-state index in [1.165, 1.54) is 5.56 Å². The first kappa shape index (κ1) is 31.9. The Bertz CT molecular complexity index is 1490. The number of carbonyl (C=O) groups is 1. The number of morpholine rings is 1. The second-order valence-electron chi connectivity index (χ2n) is 12.0. The number of aryl methyl sites for hydroxylation is 2. The largest absolute Gasteiger partial charge is 0.381 e. The van der Waals surface area contributed by atoms with Crippen molar-refractivity contribution in [1.29, 1.82) is 0 Å². The number of aromatic amines is 1. The van der Waals surface area contributed by atoms with Gasteiger partial charge in [0.05, 0.1) is 13.2 Å². The third-order valence-electron chi connectivity index (χ3n) is 9.00. The van der Waals surface area contributed by atoms with Crippen LogP contribution in [0.3, 0.4) is 0 Å². The molecule has 1 unspecified atom stereocenters. The summed E-state index contributed by atoms with van der Waals surface area (Å²) >= 11 is 0. The van der Waals surface area contributed by atoms with Crippen LogP contribution in [0.25, 0.3) is 11.1 Å². The normalized spacial score (nSPS) is 16.9. The SMILES string of the molecule is CCN(c1cc(-c2ccc(CN3CCOCC3)cc2)cc(C(=O)NCc2c(C)cc(C)[nH]c2=O)c1C)C(O)C1CCOCC1. The Kier molecular flexibility index (Phi) is 10.5. The van der Waals surface area contributed by atoms with Crippen LogP contribution in [0.5, 0.6) is 0 Å². The fraction of sp³-hybridized carbons (Fsp3) is 0.486. The van der Waals surface area contributed by atoms with Crippen molar-refractivity contribution in [2.75, 3.05) is 51.0 Å². The number of aliphatic hydroxyl groups is 1. The monoisotopic (exact) mass is 602 g/mol. The number of nitrogens with zero attached hydrogens (tertiary/aromatic N) is 2. The number of aliphatic hydroxyl groups excluding tert-OH is 1. The lowest BCUT2D eigenvalue weighted by atomic mass is 9.93. The molecule has 0 spiro atoms. The molecular formula is C35H46N4O5. The van der Waals surface area contributed by atoms with Crippen molar-refractivity contribution in [1.82, 2.24) is 15.2 Å². The van der Waals surface area contributed by atoms with Gasteiger partial charge in [0.25, 0.3) is 11.5 Å². The van der Waals surface area contributed by atoms with Crippen molar-refractivity contribution in [3.05, 3.63) is 86.3 Å². The highest BCUT2D eigenvalue weighted by Crippen LogP contribution is 2.34. The van der Waals surface area contributed by atoms with E-state index in [-0.39, 0.29) is 23.9 Å². The molecule has 2 aliphatic rings. The maximum absolute atomic E-state index is 13.8. The Hall–Kier alpha value is -3.50. The number of ether oxygens (including phenoxy) is 2. The second-order valence-corrected chi connectivity index (χ2v) is 12.0. The van der Waals surface area contributed by atoms with Crippen LogP contribution >= 0.6 is 0 Å². The highest BCUT2D eigenvalue weighted by Gasteiger charge is 2.29. The molecule has 236 valence electrons. The maximum Gasteiger partial charge on any atom is 0.253 e. The standard InChI is InChI=1S/C35H46N4O5/c1-5-39(35(42)28-10-14-43-15-11-28)32-20-29(27-8-6-26(7-9-27)22-38-12-16-44-17-13-38)19-30(25(32)4)33(40)36-21-31-23(2)18-24(3)37-34(31)41/h6-9,18-20,28,35,42H,5,10-17,21-22H2,1-4H3,(H,36,40)(H,37,41). The molecule has 1 aromatic heterocycles. The average Bonchev–Trinajstić information content (AvgIpc) is 3.03. The summed E-state index contributed by atoms with van der Waals surface area (Å²) in [4.78, 5) is 33.6. The molecule has 3 N–H and O–H groups in total. The molecule has 2 fully saturated rings. The van der Waals surface area contributed by atoms with Crippen LogP contribution in [0.2, 0.25) is 0 Å². The molecule has 3 heterocycles. The average molecular weight is 603 g/mol. The maximum atomic E-state index is 13.8. The van der Waals surface area contributed by atoms with E-state index in [4.69, 9.17) is 9.47 Å². The van der Waals surface area contributed by atoms with Crippen molar-refractivity contribution < 1.29 is 19.4 Å². The van der Waals surface area contributed by atoms with Gasteiger partial charge in [-0.15, -0.1) is 0 Å². The molecule has 3 aromatic rings. The molecule has 5 rings (SSSR count). The lowest BCUT2D eigenvalue weighted by molar-refractivity contribution is 0.00724. The Morgan fingerprint density at radius 2 is 1.70 bits per heavy atom. The third-order valence-corrected chi connectivity index (χ3v) is 9.00. The topological polar surface area (TPSA) is 107 Å². The predicted molar refractivity (Wildman–Crippen MR) is 173 cm³/mol. The van der Waals surface area contributed by atoms with Gasteiger partial charge in [-0.1, -0.05) is 24.3 Å². The van der Waals surface area contributed by atoms with Crippen LogP contribution in [-0.2, 0) is 22.6 Å². The van der Waals surface area contributed by atoms with Gasteiger partial charge in [0, 0.05) is 74.4 Å². The van der Waals surface area contributed by atoms with Crippen molar-refractivity contribution in [3.63, 3.8) is 0 Å². The predicted octanol–water partition coefficient (Wildman–Crippen LogP) is 4.30. The number of aromatic nitrogens is 1. The summed E-state index contributed by atoms with van der Waals surface area (Å²) < 4.78 is 11.0. The van der Waals surface area contributed by atoms with Gasteiger partial charge in [-0.25, -0.2) is 0 Å². The smallest absolute Gasteiger partial charge is 0.253 e. The van der Waals surface area contributed by atoms with E-state index in [1.807, 2.05) is 44.7 Å². The molecule has 44 heavy (non-hydrogen) atoms. The molecule has 2 aliphatic heterocycles. The Morgan fingerprint density at radius 1 is 1.02 bits per heavy atom. The number of rotatable bonds is 10. The molecule has 2 saturated heterocycles. The number of pyridine rings is 1. The highest BCUT2D eigenvalue weighted by molar-refractivity contribution is 5.99. The fourth-order valence-corrected chi connectivity index (χ4v) is 6.35. The number of nitrogens with one attached hydrogen (secondary N) is 2. The zero-order valence-corrected chi connectivity index (χ0v) is 26.4. The summed E-state index contributed by atoms with van der Waals surface area (Å²) in [5, 5.41) is 14.5. The first-order chi connectivity index (χ1) is 21.2. The summed E-state index contributed by atoms with van der Waals surface area (Å²) in [5.41, 5.74) is 7.24. The van der Waals surface area contributed by atoms with Gasteiger partial charge in [0.2, 0.25) is 0 Å². The lowest BCUT2D eigenvalue weighted by Gasteiger charge is -2.37. The zero-order chi connectivity index (χ0) is 31.2. The summed E-state index contributed by atoms with van der Waals surface area (Å²) in [6.07, 6.45) is 0.885. The Labute approximate surface area is 260 Å². The molecule has 0 saturated carbocycles. The van der Waals surface area contributed by atoms with Crippen LogP contribution in [0.1, 0.15) is 58.1 Å². The highest BCUT2D eigenvalue weighted by atomic mass is 16.5. The lowest BCUT2D eigenvalue weighted by Crippen LogP contribution is -2.43. The van der Waals surface area contributed by atoms with Crippen LogP contribution in [0.4, 0.5) is 5.69 Å². The van der Waals surface area contributed by atoms with E-state index in [0.29, 0.717) is 30.9 Å². The third kappa shape index (κ3) is 7.41. The number of amides is 1. The summed E-state index contributed by atoms with van der Waals surface area (Å²) in [7, 11) is 0. The number of carbonyl (C=O) groups excluding carboxylic acids is 1. The van der Waals surface area contributed by atoms with Crippen molar-refractivity contribution in [3.8, 4) is 11.1 Å². The number of H-pyrrole nitrogens is 1. The van der Waals surface area contributed by atoms with Crippen LogP contribution in [0, 0.1) is 26.7 Å². The summed E-state index contributed by atoms with van der Waals surface area (Å²) in [5.74, 6) is -0.176. The molecule has 9 nitrogen and oxygen atoms in total. The van der Waals surface area contributed by atoms with Crippen molar-refractivity contribution >= 4 is 11.6 Å². The van der Waals surface area contributed by atoms with E-state index in [0.717, 1.165) is 79.3 Å². The quantitative estimate of drug-likeness (QED) is 0.297. The van der Waals surface area contributed by atoms with Crippen molar-refractivity contribution in [2.45, 2.75) is 59.9 Å². The van der Waals surface area contributed by atoms with Gasteiger partial charge in [0.1, 0.15) is 6.23 Å². The van der Waals surface area contributed by atoms with Crippen molar-refractivity contribution in [2.24, 2.45) is 5.92 Å². The molecule has 0 bridgehead atoms. The Morgan fingerprint density at radius 3 is 2.36 bits per heavy atom. The van der Waals surface area contributed by atoms with E-state index in [2.05, 4.69) is 45.5 Å². The van der Waals surface area contributed by atoms with Gasteiger partial charge in [-0.3, -0.25) is 14.5 Å². The minimum atomic E-state index is -0.696. The number of hydrogen-bond donors (Lipinski definition) is 3. The molecular weight excluding hydrogens is 556 g/mol. The van der Waals surface area contributed by atoms with Gasteiger partial charge in [-0.2, -0.15) is 0 Å². The van der Waals surface area contributed by atoms with E-state index < -0.39 is 6.23 Å². The van der Waals surface area contributed by atoms with E-state index in [9.17, 15) is 14.7 Å². The number of anilines is 1. The summed E-state index contributed by atoms with van der Waals surface area (Å²) in [6, 6.07) is 14.4. The van der Waals surface area contributed by atoms with Gasteiger partial charge in [-0.05, 0) is 86.6 Å². The van der Waals surface area contributed by atoms with E-state index >= 15 is 0 Å². The molecule has 1 amide bonds. The number of benzene rings is 2. The van der Waals surface area contributed by atoms with Gasteiger partial charge in [0.15, 0.2) is 0 Å². The minimum Gasteiger partial charge on any atom is -0.381 e. The molecule has 2 aromatic carbocycles. The van der Waals surface area contributed by atoms with Crippen LogP contribution in [0.15, 0.2) is 47.3 Å². The fourth-order valence-electron chi connectivity index (χ4n) is 6.35. The second kappa shape index (κ2) is 14.5. The van der Waals surface area contributed by atoms with Crippen LogP contribution < -0.4 is 15.8 Å².